The Morgan fingerprint density at radius 2 is 2.33 bits per heavy atom. The van der Waals surface area contributed by atoms with E-state index in [2.05, 4.69) is 4.98 Å². The first-order valence-corrected chi connectivity index (χ1v) is 7.15. The molecule has 5 nitrogen and oxygen atoms in total. The molecule has 0 radical (unpaired) electrons. The first-order valence-electron chi connectivity index (χ1n) is 5.71. The van der Waals surface area contributed by atoms with Gasteiger partial charge in [0.1, 0.15) is 0 Å². The maximum Gasteiger partial charge on any atom is 0.263 e. The third kappa shape index (κ3) is 2.13. The Kier molecular flexibility index (Phi) is 3.65. The van der Waals surface area contributed by atoms with E-state index in [-0.39, 0.29) is 19.1 Å². The van der Waals surface area contributed by atoms with E-state index in [0.717, 1.165) is 10.4 Å². The summed E-state index contributed by atoms with van der Waals surface area (Å²) >= 11 is 0. The van der Waals surface area contributed by atoms with Gasteiger partial charge in [-0.15, -0.1) is 0 Å². The highest BCUT2D eigenvalue weighted by molar-refractivity contribution is 7.89. The van der Waals surface area contributed by atoms with Crippen LogP contribution < -0.4 is 0 Å². The number of hydrogen-bond donors (Lipinski definition) is 1. The Morgan fingerprint density at radius 3 is 2.94 bits per heavy atom. The van der Waals surface area contributed by atoms with Gasteiger partial charge in [-0.3, -0.25) is 0 Å². The molecule has 0 amide bonds. The maximum atomic E-state index is 13.5. The van der Waals surface area contributed by atoms with E-state index in [9.17, 15) is 17.9 Å². The molecule has 1 fully saturated rings. The summed E-state index contributed by atoms with van der Waals surface area (Å²) in [5.41, 5.74) is 0. The topological polar surface area (TPSA) is 70.5 Å². The summed E-state index contributed by atoms with van der Waals surface area (Å²) in [6.07, 6.45) is 1.89. The summed E-state index contributed by atoms with van der Waals surface area (Å²) in [6, 6.07) is 1.90. The SMILES string of the molecule is CC1CCN(S(=O)(=O)c2ncccc2F)C1CO. The van der Waals surface area contributed by atoms with Gasteiger partial charge in [-0.2, -0.15) is 4.31 Å². The lowest BCUT2D eigenvalue weighted by Gasteiger charge is -2.24. The van der Waals surface area contributed by atoms with Gasteiger partial charge in [0, 0.05) is 12.7 Å². The first-order chi connectivity index (χ1) is 8.48. The Balaban J connectivity index is 2.41. The molecule has 1 aromatic rings. The second-order valence-electron chi connectivity index (χ2n) is 4.42. The molecule has 2 atom stereocenters. The van der Waals surface area contributed by atoms with Gasteiger partial charge < -0.3 is 5.11 Å². The smallest absolute Gasteiger partial charge is 0.263 e. The number of aromatic nitrogens is 1. The lowest BCUT2D eigenvalue weighted by molar-refractivity contribution is 0.190. The Labute approximate surface area is 105 Å². The molecule has 1 N–H and O–H groups in total. The molecule has 0 aliphatic carbocycles. The predicted octanol–water partition coefficient (Wildman–Crippen LogP) is 0.612. The van der Waals surface area contributed by atoms with Crippen molar-refractivity contribution in [3.05, 3.63) is 24.1 Å². The molecule has 7 heteroatoms. The molecule has 18 heavy (non-hydrogen) atoms. The van der Waals surface area contributed by atoms with Crippen molar-refractivity contribution >= 4 is 10.0 Å². The molecule has 2 rings (SSSR count). The number of rotatable bonds is 3. The summed E-state index contributed by atoms with van der Waals surface area (Å²) in [5, 5.41) is 8.69. The fraction of sp³-hybridized carbons (Fsp3) is 0.545. The molecule has 1 aliphatic heterocycles. The average Bonchev–Trinajstić information content (AvgIpc) is 2.71. The molecule has 0 spiro atoms. The number of pyridine rings is 1. The van der Waals surface area contributed by atoms with E-state index < -0.39 is 26.9 Å². The average molecular weight is 274 g/mol. The number of aliphatic hydroxyl groups excluding tert-OH is 1. The van der Waals surface area contributed by atoms with Crippen molar-refractivity contribution in [1.29, 1.82) is 0 Å². The zero-order valence-electron chi connectivity index (χ0n) is 9.95. The summed E-state index contributed by atoms with van der Waals surface area (Å²) in [4.78, 5) is 3.60. The molecular formula is C11H15FN2O3S. The van der Waals surface area contributed by atoms with Gasteiger partial charge in [-0.05, 0) is 24.5 Å². The van der Waals surface area contributed by atoms with Crippen LogP contribution in [0.15, 0.2) is 23.4 Å². The van der Waals surface area contributed by atoms with Crippen LogP contribution in [0.1, 0.15) is 13.3 Å². The number of nitrogens with zero attached hydrogens (tertiary/aromatic N) is 2. The molecule has 100 valence electrons. The van der Waals surface area contributed by atoms with Gasteiger partial charge in [0.25, 0.3) is 10.0 Å². The minimum Gasteiger partial charge on any atom is -0.395 e. The van der Waals surface area contributed by atoms with Crippen molar-refractivity contribution in [3.8, 4) is 0 Å². The van der Waals surface area contributed by atoms with E-state index >= 15 is 0 Å². The van der Waals surface area contributed by atoms with Crippen LogP contribution in [-0.4, -0.2) is 42.0 Å². The standard InChI is InChI=1S/C11H15FN2O3S/c1-8-4-6-14(10(8)7-15)18(16,17)11-9(12)3-2-5-13-11/h2-3,5,8,10,15H,4,6-7H2,1H3. The number of hydrogen-bond acceptors (Lipinski definition) is 4. The van der Waals surface area contributed by atoms with Crippen LogP contribution in [0.25, 0.3) is 0 Å². The van der Waals surface area contributed by atoms with Crippen LogP contribution in [-0.2, 0) is 10.0 Å². The van der Waals surface area contributed by atoms with Gasteiger partial charge in [0.05, 0.1) is 12.6 Å². The lowest BCUT2D eigenvalue weighted by Crippen LogP contribution is -2.40. The van der Waals surface area contributed by atoms with Crippen molar-refractivity contribution in [2.24, 2.45) is 5.92 Å². The van der Waals surface area contributed by atoms with Gasteiger partial charge in [0.15, 0.2) is 5.82 Å². The first kappa shape index (κ1) is 13.4. The number of halogens is 1. The van der Waals surface area contributed by atoms with E-state index in [0.29, 0.717) is 6.42 Å². The molecular weight excluding hydrogens is 259 g/mol. The third-order valence-corrected chi connectivity index (χ3v) is 5.16. The van der Waals surface area contributed by atoms with Gasteiger partial charge in [-0.25, -0.2) is 17.8 Å². The van der Waals surface area contributed by atoms with E-state index in [1.165, 1.54) is 12.3 Å². The third-order valence-electron chi connectivity index (χ3n) is 3.30. The fourth-order valence-electron chi connectivity index (χ4n) is 2.21. The predicted molar refractivity (Wildman–Crippen MR) is 62.7 cm³/mol. The highest BCUT2D eigenvalue weighted by atomic mass is 32.2. The van der Waals surface area contributed by atoms with Gasteiger partial charge in [-0.1, -0.05) is 6.92 Å². The summed E-state index contributed by atoms with van der Waals surface area (Å²) in [5.74, 6) is -0.815. The molecule has 0 aromatic carbocycles. The molecule has 2 heterocycles. The highest BCUT2D eigenvalue weighted by Crippen LogP contribution is 2.29. The zero-order chi connectivity index (χ0) is 13.3. The van der Waals surface area contributed by atoms with Crippen molar-refractivity contribution in [1.82, 2.24) is 9.29 Å². The lowest BCUT2D eigenvalue weighted by atomic mass is 10.0. The van der Waals surface area contributed by atoms with Crippen LogP contribution in [0.4, 0.5) is 4.39 Å². The summed E-state index contributed by atoms with van der Waals surface area (Å²) in [7, 11) is -3.98. The summed E-state index contributed by atoms with van der Waals surface area (Å²) < 4.78 is 39.2. The Bertz CT molecular complexity index is 535. The quantitative estimate of drug-likeness (QED) is 0.877. The maximum absolute atomic E-state index is 13.5. The van der Waals surface area contributed by atoms with Crippen molar-refractivity contribution in [2.75, 3.05) is 13.2 Å². The zero-order valence-corrected chi connectivity index (χ0v) is 10.8. The molecule has 0 saturated carbocycles. The Morgan fingerprint density at radius 1 is 1.61 bits per heavy atom. The molecule has 2 unspecified atom stereocenters. The molecule has 1 saturated heterocycles. The Hall–Kier alpha value is -1.05. The van der Waals surface area contributed by atoms with E-state index in [4.69, 9.17) is 0 Å². The van der Waals surface area contributed by atoms with Crippen LogP contribution >= 0.6 is 0 Å². The van der Waals surface area contributed by atoms with Crippen LogP contribution in [0.3, 0.4) is 0 Å². The van der Waals surface area contributed by atoms with Crippen molar-refractivity contribution in [3.63, 3.8) is 0 Å². The summed E-state index contributed by atoms with van der Waals surface area (Å²) in [6.45, 7) is 1.88. The van der Waals surface area contributed by atoms with Gasteiger partial charge >= 0.3 is 0 Å². The monoisotopic (exact) mass is 274 g/mol. The molecule has 1 aliphatic rings. The minimum absolute atomic E-state index is 0.0524. The van der Waals surface area contributed by atoms with Gasteiger partial charge in [0.2, 0.25) is 5.03 Å². The number of sulfonamides is 1. The van der Waals surface area contributed by atoms with Crippen molar-refractivity contribution < 1.29 is 17.9 Å². The van der Waals surface area contributed by atoms with Crippen LogP contribution in [0.5, 0.6) is 0 Å². The van der Waals surface area contributed by atoms with Crippen LogP contribution in [0.2, 0.25) is 0 Å². The second-order valence-corrected chi connectivity index (χ2v) is 6.23. The van der Waals surface area contributed by atoms with Crippen LogP contribution in [0, 0.1) is 11.7 Å². The normalized spacial score (nSPS) is 25.5. The number of aliphatic hydroxyl groups is 1. The minimum atomic E-state index is -3.98. The molecule has 0 bridgehead atoms. The second kappa shape index (κ2) is 4.91. The highest BCUT2D eigenvalue weighted by Gasteiger charge is 2.40. The largest absolute Gasteiger partial charge is 0.395 e. The molecule has 1 aromatic heterocycles. The van der Waals surface area contributed by atoms with E-state index in [1.807, 2.05) is 6.92 Å². The van der Waals surface area contributed by atoms with Crippen molar-refractivity contribution in [2.45, 2.75) is 24.4 Å². The fourth-order valence-corrected chi connectivity index (χ4v) is 3.92. The van der Waals surface area contributed by atoms with E-state index in [1.54, 1.807) is 0 Å².